The third kappa shape index (κ3) is 5.02. The molecule has 0 radical (unpaired) electrons. The third-order valence-corrected chi connectivity index (χ3v) is 3.12. The molecular formula is C12H13F3O3S. The highest BCUT2D eigenvalue weighted by Crippen LogP contribution is 2.43. The number of benzene rings is 1. The van der Waals surface area contributed by atoms with Crippen LogP contribution in [0.3, 0.4) is 0 Å². The van der Waals surface area contributed by atoms with Crippen molar-refractivity contribution in [2.75, 3.05) is 13.7 Å². The van der Waals surface area contributed by atoms with Crippen LogP contribution in [0.5, 0.6) is 5.75 Å². The van der Waals surface area contributed by atoms with Gasteiger partial charge in [0.2, 0.25) is 0 Å². The SMILES string of the molecule is CCOC(=O)[C@@H](SC(F)(F)F)c1cccc(OC)c1. The number of halogens is 3. The Hall–Kier alpha value is -1.37. The molecule has 7 heteroatoms. The smallest absolute Gasteiger partial charge is 0.442 e. The quantitative estimate of drug-likeness (QED) is 0.778. The molecule has 0 amide bonds. The Morgan fingerprint density at radius 3 is 2.63 bits per heavy atom. The fourth-order valence-corrected chi connectivity index (χ4v) is 2.12. The first-order chi connectivity index (χ1) is 8.87. The molecule has 0 N–H and O–H groups in total. The van der Waals surface area contributed by atoms with Gasteiger partial charge in [0.1, 0.15) is 11.0 Å². The monoisotopic (exact) mass is 294 g/mol. The van der Waals surface area contributed by atoms with Crippen LogP contribution < -0.4 is 4.74 Å². The lowest BCUT2D eigenvalue weighted by Crippen LogP contribution is -2.17. The molecule has 0 saturated carbocycles. The minimum atomic E-state index is -4.53. The van der Waals surface area contributed by atoms with E-state index in [0.717, 1.165) is 0 Å². The minimum Gasteiger partial charge on any atom is -0.497 e. The number of carbonyl (C=O) groups is 1. The van der Waals surface area contributed by atoms with E-state index in [-0.39, 0.29) is 12.2 Å². The molecule has 1 aromatic rings. The van der Waals surface area contributed by atoms with Gasteiger partial charge >= 0.3 is 11.5 Å². The molecule has 19 heavy (non-hydrogen) atoms. The molecule has 1 atom stereocenters. The molecule has 0 unspecified atom stereocenters. The highest BCUT2D eigenvalue weighted by molar-refractivity contribution is 8.01. The summed E-state index contributed by atoms with van der Waals surface area (Å²) in [4.78, 5) is 11.6. The maximum Gasteiger partial charge on any atom is 0.442 e. The molecule has 0 aliphatic carbocycles. The van der Waals surface area contributed by atoms with Crippen LogP contribution in [-0.4, -0.2) is 25.2 Å². The number of esters is 1. The van der Waals surface area contributed by atoms with E-state index in [4.69, 9.17) is 4.74 Å². The summed E-state index contributed by atoms with van der Waals surface area (Å²) in [6.45, 7) is 1.57. The Kier molecular flexibility index (Phi) is 5.53. The lowest BCUT2D eigenvalue weighted by molar-refractivity contribution is -0.142. The summed E-state index contributed by atoms with van der Waals surface area (Å²) in [5.41, 5.74) is -4.33. The third-order valence-electron chi connectivity index (χ3n) is 2.15. The minimum absolute atomic E-state index is 0.0255. The van der Waals surface area contributed by atoms with Crippen LogP contribution in [0.15, 0.2) is 24.3 Å². The fraction of sp³-hybridized carbons (Fsp3) is 0.417. The van der Waals surface area contributed by atoms with Gasteiger partial charge in [0.25, 0.3) is 0 Å². The van der Waals surface area contributed by atoms with Crippen LogP contribution in [0.2, 0.25) is 0 Å². The van der Waals surface area contributed by atoms with E-state index in [2.05, 4.69) is 4.74 Å². The van der Waals surface area contributed by atoms with Gasteiger partial charge in [-0.1, -0.05) is 12.1 Å². The highest BCUT2D eigenvalue weighted by Gasteiger charge is 2.38. The molecule has 0 aliphatic rings. The molecule has 3 nitrogen and oxygen atoms in total. The lowest BCUT2D eigenvalue weighted by Gasteiger charge is -2.17. The van der Waals surface area contributed by atoms with Crippen LogP contribution in [0.25, 0.3) is 0 Å². The van der Waals surface area contributed by atoms with E-state index in [1.54, 1.807) is 13.0 Å². The van der Waals surface area contributed by atoms with Crippen LogP contribution in [0.1, 0.15) is 17.7 Å². The molecule has 106 valence electrons. The number of rotatable bonds is 5. The summed E-state index contributed by atoms with van der Waals surface area (Å²) in [6.07, 6.45) is 0. The second-order valence-corrected chi connectivity index (χ2v) is 4.64. The number of hydrogen-bond acceptors (Lipinski definition) is 4. The van der Waals surface area contributed by atoms with Crippen molar-refractivity contribution in [3.63, 3.8) is 0 Å². The predicted molar refractivity (Wildman–Crippen MR) is 66.0 cm³/mol. The summed E-state index contributed by atoms with van der Waals surface area (Å²) in [5.74, 6) is -0.535. The van der Waals surface area contributed by atoms with Crippen LogP contribution in [0.4, 0.5) is 13.2 Å². The second kappa shape index (κ2) is 6.70. The number of thioether (sulfide) groups is 1. The van der Waals surface area contributed by atoms with E-state index < -0.39 is 28.5 Å². The number of hydrogen-bond donors (Lipinski definition) is 0. The van der Waals surface area contributed by atoms with E-state index in [9.17, 15) is 18.0 Å². The zero-order valence-electron chi connectivity index (χ0n) is 10.4. The van der Waals surface area contributed by atoms with Crippen molar-refractivity contribution in [3.05, 3.63) is 29.8 Å². The molecular weight excluding hydrogens is 281 g/mol. The molecule has 1 rings (SSSR count). The standard InChI is InChI=1S/C12H13F3O3S/c1-3-18-11(16)10(19-12(13,14)15)8-5-4-6-9(7-8)17-2/h4-7,10H,3H2,1-2H3/t10-/m0/s1. The van der Waals surface area contributed by atoms with E-state index >= 15 is 0 Å². The maximum absolute atomic E-state index is 12.5. The number of carbonyl (C=O) groups excluding carboxylic acids is 1. The normalized spacial score (nSPS) is 12.9. The average molecular weight is 294 g/mol. The molecule has 0 aromatic heterocycles. The van der Waals surface area contributed by atoms with Crippen molar-refractivity contribution in [2.24, 2.45) is 0 Å². The fourth-order valence-electron chi connectivity index (χ4n) is 1.41. The van der Waals surface area contributed by atoms with Gasteiger partial charge in [-0.2, -0.15) is 13.2 Å². The number of methoxy groups -OCH3 is 1. The second-order valence-electron chi connectivity index (χ2n) is 3.47. The van der Waals surface area contributed by atoms with Gasteiger partial charge in [0.15, 0.2) is 0 Å². The van der Waals surface area contributed by atoms with Crippen LogP contribution in [0, 0.1) is 0 Å². The number of ether oxygens (including phenoxy) is 2. The van der Waals surface area contributed by atoms with Crippen molar-refractivity contribution >= 4 is 17.7 Å². The first-order valence-corrected chi connectivity index (χ1v) is 6.30. The van der Waals surface area contributed by atoms with E-state index in [1.165, 1.54) is 25.3 Å². The van der Waals surface area contributed by atoms with Gasteiger partial charge in [-0.25, -0.2) is 0 Å². The topological polar surface area (TPSA) is 35.5 Å². The Labute approximate surface area is 113 Å². The average Bonchev–Trinajstić information content (AvgIpc) is 2.35. The van der Waals surface area contributed by atoms with Gasteiger partial charge in [-0.15, -0.1) is 0 Å². The molecule has 1 aromatic carbocycles. The van der Waals surface area contributed by atoms with Crippen LogP contribution in [-0.2, 0) is 9.53 Å². The first kappa shape index (κ1) is 15.7. The zero-order valence-corrected chi connectivity index (χ0v) is 11.2. The summed E-state index contributed by atoms with van der Waals surface area (Å²) < 4.78 is 47.1. The Bertz CT molecular complexity index is 434. The zero-order chi connectivity index (χ0) is 14.5. The predicted octanol–water partition coefficient (Wildman–Crippen LogP) is 3.55. The summed E-state index contributed by atoms with van der Waals surface area (Å²) >= 11 is -0.408. The highest BCUT2D eigenvalue weighted by atomic mass is 32.2. The van der Waals surface area contributed by atoms with Crippen molar-refractivity contribution < 1.29 is 27.4 Å². The largest absolute Gasteiger partial charge is 0.497 e. The van der Waals surface area contributed by atoms with Gasteiger partial charge in [-0.05, 0) is 36.4 Å². The van der Waals surface area contributed by atoms with E-state index in [0.29, 0.717) is 5.75 Å². The summed E-state index contributed by atoms with van der Waals surface area (Å²) in [6, 6.07) is 5.93. The van der Waals surface area contributed by atoms with Crippen LogP contribution >= 0.6 is 11.8 Å². The van der Waals surface area contributed by atoms with Crippen molar-refractivity contribution in [2.45, 2.75) is 17.7 Å². The van der Waals surface area contributed by atoms with Gasteiger partial charge < -0.3 is 9.47 Å². The molecule has 0 fully saturated rings. The number of alkyl halides is 3. The Morgan fingerprint density at radius 2 is 2.11 bits per heavy atom. The van der Waals surface area contributed by atoms with E-state index in [1.807, 2.05) is 0 Å². The molecule has 0 saturated heterocycles. The van der Waals surface area contributed by atoms with Crippen molar-refractivity contribution in [1.29, 1.82) is 0 Å². The first-order valence-electron chi connectivity index (χ1n) is 5.42. The molecule has 0 spiro atoms. The molecule has 0 aliphatic heterocycles. The van der Waals surface area contributed by atoms with Crippen molar-refractivity contribution in [1.82, 2.24) is 0 Å². The van der Waals surface area contributed by atoms with Crippen molar-refractivity contribution in [3.8, 4) is 5.75 Å². The van der Waals surface area contributed by atoms with Gasteiger partial charge in [-0.3, -0.25) is 4.79 Å². The Morgan fingerprint density at radius 1 is 1.42 bits per heavy atom. The lowest BCUT2D eigenvalue weighted by atomic mass is 10.1. The summed E-state index contributed by atoms with van der Waals surface area (Å²) in [5, 5.41) is -1.45. The Balaban J connectivity index is 3.03. The van der Waals surface area contributed by atoms with Gasteiger partial charge in [0.05, 0.1) is 13.7 Å². The molecule has 0 heterocycles. The summed E-state index contributed by atoms with van der Waals surface area (Å²) in [7, 11) is 1.40. The maximum atomic E-state index is 12.5. The van der Waals surface area contributed by atoms with Gasteiger partial charge in [0, 0.05) is 0 Å². The molecule has 0 bridgehead atoms.